The minimum atomic E-state index is -0.555. The van der Waals surface area contributed by atoms with Gasteiger partial charge in [-0.25, -0.2) is 0 Å². The first-order valence-electron chi connectivity index (χ1n) is 5.45. The number of esters is 1. The Bertz CT molecular complexity index is 467. The molecule has 0 saturated carbocycles. The smallest absolute Gasteiger partial charge is 0.321 e. The predicted octanol–water partition coefficient (Wildman–Crippen LogP) is 1.87. The van der Waals surface area contributed by atoms with Crippen molar-refractivity contribution in [1.29, 1.82) is 0 Å². The van der Waals surface area contributed by atoms with Crippen LogP contribution in [0.4, 0.5) is 0 Å². The number of carbonyl (C=O) groups excluding carboxylic acids is 2. The third-order valence-corrected chi connectivity index (χ3v) is 3.38. The maximum atomic E-state index is 12.0. The highest BCUT2D eigenvalue weighted by Crippen LogP contribution is 2.20. The molecule has 1 N–H and O–H groups in total. The Hall–Kier alpha value is -1.30. The van der Waals surface area contributed by atoms with E-state index < -0.39 is 10.8 Å². The number of amides is 1. The zero-order chi connectivity index (χ0) is 13.9. The Morgan fingerprint density at radius 2 is 1.94 bits per heavy atom. The number of alkyl halides is 1. The summed E-state index contributed by atoms with van der Waals surface area (Å²) in [6, 6.07) is 0. The molecule has 0 bridgehead atoms. The number of furan rings is 1. The van der Waals surface area contributed by atoms with Crippen molar-refractivity contribution in [3.63, 3.8) is 0 Å². The molecule has 1 aromatic heterocycles. The van der Waals surface area contributed by atoms with Crippen LogP contribution in [0.25, 0.3) is 0 Å². The van der Waals surface area contributed by atoms with Crippen LogP contribution in [-0.2, 0) is 9.53 Å². The third-order valence-electron chi connectivity index (χ3n) is 2.69. The maximum Gasteiger partial charge on any atom is 0.321 e. The van der Waals surface area contributed by atoms with Gasteiger partial charge >= 0.3 is 5.97 Å². The van der Waals surface area contributed by atoms with Crippen LogP contribution in [-0.4, -0.2) is 30.4 Å². The highest BCUT2D eigenvalue weighted by Gasteiger charge is 2.21. The molecule has 1 unspecified atom stereocenters. The van der Waals surface area contributed by atoms with E-state index in [1.54, 1.807) is 13.8 Å². The molecule has 6 heteroatoms. The average molecular weight is 318 g/mol. The van der Waals surface area contributed by atoms with Crippen molar-refractivity contribution in [2.24, 2.45) is 0 Å². The Balaban J connectivity index is 2.69. The van der Waals surface area contributed by atoms with Crippen LogP contribution in [0.5, 0.6) is 0 Å². The van der Waals surface area contributed by atoms with Gasteiger partial charge in [-0.1, -0.05) is 15.9 Å². The summed E-state index contributed by atoms with van der Waals surface area (Å²) < 4.78 is 9.92. The number of rotatable bonds is 4. The molecule has 1 atom stereocenters. The zero-order valence-electron chi connectivity index (χ0n) is 10.8. The maximum absolute atomic E-state index is 12.0. The standard InChI is InChI=1S/C12H16BrNO4/c1-6-7(2)18-8(3)10(6)11(15)14-5-9(13)12(16)17-4/h9H,5H2,1-4H3,(H,14,15). The Labute approximate surface area is 114 Å². The summed E-state index contributed by atoms with van der Waals surface area (Å²) in [7, 11) is 1.30. The molecular formula is C12H16BrNO4. The summed E-state index contributed by atoms with van der Waals surface area (Å²) in [4.78, 5) is 22.6. The molecule has 0 fully saturated rings. The quantitative estimate of drug-likeness (QED) is 0.680. The topological polar surface area (TPSA) is 68.5 Å². The monoisotopic (exact) mass is 317 g/mol. The number of nitrogens with one attached hydrogen (secondary N) is 1. The van der Waals surface area contributed by atoms with Crippen molar-refractivity contribution >= 4 is 27.8 Å². The highest BCUT2D eigenvalue weighted by molar-refractivity contribution is 9.10. The van der Waals surface area contributed by atoms with E-state index >= 15 is 0 Å². The van der Waals surface area contributed by atoms with Crippen LogP contribution in [0.1, 0.15) is 27.4 Å². The van der Waals surface area contributed by atoms with Gasteiger partial charge in [-0.3, -0.25) is 9.59 Å². The van der Waals surface area contributed by atoms with Gasteiger partial charge in [0.1, 0.15) is 16.3 Å². The van der Waals surface area contributed by atoms with Crippen molar-refractivity contribution in [3.8, 4) is 0 Å². The minimum Gasteiger partial charge on any atom is -0.468 e. The first-order chi connectivity index (χ1) is 8.38. The van der Waals surface area contributed by atoms with Crippen molar-refractivity contribution < 1.29 is 18.7 Å². The fraction of sp³-hybridized carbons (Fsp3) is 0.500. The molecule has 5 nitrogen and oxygen atoms in total. The van der Waals surface area contributed by atoms with Gasteiger partial charge in [0, 0.05) is 12.1 Å². The van der Waals surface area contributed by atoms with Crippen molar-refractivity contribution in [3.05, 3.63) is 22.6 Å². The molecule has 0 aromatic carbocycles. The van der Waals surface area contributed by atoms with Crippen LogP contribution in [0, 0.1) is 20.8 Å². The van der Waals surface area contributed by atoms with Crippen LogP contribution >= 0.6 is 15.9 Å². The summed E-state index contributed by atoms with van der Waals surface area (Å²) in [5.41, 5.74) is 1.34. The lowest BCUT2D eigenvalue weighted by atomic mass is 10.1. The number of ether oxygens (including phenoxy) is 1. The van der Waals surface area contributed by atoms with E-state index in [4.69, 9.17) is 4.42 Å². The fourth-order valence-corrected chi connectivity index (χ4v) is 1.96. The van der Waals surface area contributed by atoms with E-state index in [0.717, 1.165) is 11.3 Å². The number of aryl methyl sites for hydroxylation is 2. The Morgan fingerprint density at radius 1 is 1.33 bits per heavy atom. The molecule has 100 valence electrons. The lowest BCUT2D eigenvalue weighted by molar-refractivity contribution is -0.139. The summed E-state index contributed by atoms with van der Waals surface area (Å²) in [6.45, 7) is 5.53. The molecule has 0 aliphatic heterocycles. The van der Waals surface area contributed by atoms with E-state index in [9.17, 15) is 9.59 Å². The molecule has 18 heavy (non-hydrogen) atoms. The molecule has 0 radical (unpaired) electrons. The summed E-state index contributed by atoms with van der Waals surface area (Å²) >= 11 is 3.13. The molecule has 0 saturated heterocycles. The number of carbonyl (C=O) groups is 2. The molecule has 1 aromatic rings. The third kappa shape index (κ3) is 3.13. The van der Waals surface area contributed by atoms with E-state index in [1.807, 2.05) is 6.92 Å². The van der Waals surface area contributed by atoms with Crippen LogP contribution in [0.3, 0.4) is 0 Å². The number of hydrogen-bond donors (Lipinski definition) is 1. The summed E-state index contributed by atoms with van der Waals surface area (Å²) in [5, 5.41) is 2.66. The second-order valence-corrected chi connectivity index (χ2v) is 5.02. The molecular weight excluding hydrogens is 302 g/mol. The van der Waals surface area contributed by atoms with Crippen LogP contribution in [0.2, 0.25) is 0 Å². The lowest BCUT2D eigenvalue weighted by Crippen LogP contribution is -2.34. The number of methoxy groups -OCH3 is 1. The molecule has 1 rings (SSSR count). The van der Waals surface area contributed by atoms with E-state index in [-0.39, 0.29) is 12.5 Å². The normalized spacial score (nSPS) is 12.1. The van der Waals surface area contributed by atoms with Crippen molar-refractivity contribution in [2.75, 3.05) is 13.7 Å². The van der Waals surface area contributed by atoms with E-state index in [0.29, 0.717) is 11.3 Å². The number of halogens is 1. The SMILES string of the molecule is COC(=O)C(Br)CNC(=O)c1c(C)oc(C)c1C. The molecule has 0 spiro atoms. The minimum absolute atomic E-state index is 0.161. The summed E-state index contributed by atoms with van der Waals surface area (Å²) in [5.74, 6) is 0.620. The first-order valence-corrected chi connectivity index (χ1v) is 6.36. The van der Waals surface area contributed by atoms with Gasteiger partial charge in [0.2, 0.25) is 0 Å². The Morgan fingerprint density at radius 3 is 2.39 bits per heavy atom. The van der Waals surface area contributed by atoms with Gasteiger partial charge in [0.15, 0.2) is 0 Å². The molecule has 1 heterocycles. The van der Waals surface area contributed by atoms with Gasteiger partial charge in [-0.2, -0.15) is 0 Å². The fourth-order valence-electron chi connectivity index (χ4n) is 1.61. The van der Waals surface area contributed by atoms with E-state index in [1.165, 1.54) is 7.11 Å². The van der Waals surface area contributed by atoms with Gasteiger partial charge in [-0.05, 0) is 20.8 Å². The van der Waals surface area contributed by atoms with Gasteiger partial charge in [0.05, 0.1) is 12.7 Å². The largest absolute Gasteiger partial charge is 0.468 e. The zero-order valence-corrected chi connectivity index (χ0v) is 12.4. The molecule has 0 aliphatic carbocycles. The van der Waals surface area contributed by atoms with Gasteiger partial charge in [-0.15, -0.1) is 0 Å². The summed E-state index contributed by atoms with van der Waals surface area (Å²) in [6.07, 6.45) is 0. The second-order valence-electron chi connectivity index (χ2n) is 3.92. The van der Waals surface area contributed by atoms with E-state index in [2.05, 4.69) is 26.0 Å². The Kier molecular flexibility index (Phi) is 4.95. The average Bonchev–Trinajstić information content (AvgIpc) is 2.59. The van der Waals surface area contributed by atoms with Crippen molar-refractivity contribution in [1.82, 2.24) is 5.32 Å². The van der Waals surface area contributed by atoms with Crippen LogP contribution in [0.15, 0.2) is 4.42 Å². The van der Waals surface area contributed by atoms with Crippen molar-refractivity contribution in [2.45, 2.75) is 25.6 Å². The predicted molar refractivity (Wildman–Crippen MR) is 70.0 cm³/mol. The van der Waals surface area contributed by atoms with Gasteiger partial charge < -0.3 is 14.5 Å². The van der Waals surface area contributed by atoms with Crippen LogP contribution < -0.4 is 5.32 Å². The lowest BCUT2D eigenvalue weighted by Gasteiger charge is -2.09. The second kappa shape index (κ2) is 6.04. The molecule has 1 amide bonds. The van der Waals surface area contributed by atoms with Gasteiger partial charge in [0.25, 0.3) is 5.91 Å². The highest BCUT2D eigenvalue weighted by atomic mass is 79.9. The molecule has 0 aliphatic rings. The first kappa shape index (κ1) is 14.8. The number of hydrogen-bond acceptors (Lipinski definition) is 4.